The standard InChI is InChI=1S/C23H30F3N3O3/c1-17-14-21(18(2)29(17)19-6-4-7-20(15-19)31-3)22(30)28-11-9-27(10-12-28)8-5-13-32-16-23(24,25)26/h4,6-7,14-15H,5,8-13,16H2,1-3H3. The highest BCUT2D eigenvalue weighted by Crippen LogP contribution is 2.25. The van der Waals surface area contributed by atoms with Gasteiger partial charge in [0.05, 0.1) is 12.7 Å². The van der Waals surface area contributed by atoms with Crippen molar-refractivity contribution in [2.24, 2.45) is 0 Å². The molecule has 0 bridgehead atoms. The number of methoxy groups -OCH3 is 1. The molecular weight excluding hydrogens is 423 g/mol. The number of piperazine rings is 1. The van der Waals surface area contributed by atoms with E-state index in [1.165, 1.54) is 0 Å². The van der Waals surface area contributed by atoms with E-state index in [2.05, 4.69) is 9.64 Å². The van der Waals surface area contributed by atoms with E-state index in [9.17, 15) is 18.0 Å². The predicted octanol–water partition coefficient (Wildman–Crippen LogP) is 3.83. The Labute approximate surface area is 186 Å². The van der Waals surface area contributed by atoms with Crippen molar-refractivity contribution in [2.45, 2.75) is 26.4 Å². The molecule has 1 aliphatic rings. The summed E-state index contributed by atoms with van der Waals surface area (Å²) in [5.74, 6) is 0.753. The Kier molecular flexibility index (Phi) is 7.84. The second-order valence-electron chi connectivity index (χ2n) is 7.98. The van der Waals surface area contributed by atoms with Crippen molar-refractivity contribution in [1.82, 2.24) is 14.4 Å². The number of benzene rings is 1. The molecule has 1 aliphatic heterocycles. The minimum atomic E-state index is -4.28. The molecule has 0 aliphatic carbocycles. The Balaban J connectivity index is 1.55. The fourth-order valence-electron chi connectivity index (χ4n) is 4.05. The Bertz CT molecular complexity index is 919. The van der Waals surface area contributed by atoms with Crippen molar-refractivity contribution in [2.75, 3.05) is 53.0 Å². The lowest BCUT2D eigenvalue weighted by Gasteiger charge is -2.34. The van der Waals surface area contributed by atoms with Gasteiger partial charge in [-0.2, -0.15) is 13.2 Å². The number of aromatic nitrogens is 1. The highest BCUT2D eigenvalue weighted by atomic mass is 19.4. The second kappa shape index (κ2) is 10.4. The van der Waals surface area contributed by atoms with E-state index in [-0.39, 0.29) is 12.5 Å². The summed E-state index contributed by atoms with van der Waals surface area (Å²) in [6, 6.07) is 9.63. The zero-order valence-electron chi connectivity index (χ0n) is 18.7. The van der Waals surface area contributed by atoms with Gasteiger partial charge >= 0.3 is 6.18 Å². The molecule has 0 unspecified atom stereocenters. The van der Waals surface area contributed by atoms with Gasteiger partial charge in [-0.25, -0.2) is 0 Å². The number of amides is 1. The van der Waals surface area contributed by atoms with Crippen LogP contribution in [0, 0.1) is 13.8 Å². The van der Waals surface area contributed by atoms with Crippen LogP contribution >= 0.6 is 0 Å². The molecule has 3 rings (SSSR count). The van der Waals surface area contributed by atoms with Crippen LogP contribution in [0.4, 0.5) is 13.2 Å². The van der Waals surface area contributed by atoms with Gasteiger partial charge < -0.3 is 18.9 Å². The summed E-state index contributed by atoms with van der Waals surface area (Å²) in [7, 11) is 1.62. The van der Waals surface area contributed by atoms with E-state index < -0.39 is 12.8 Å². The number of halogens is 3. The minimum absolute atomic E-state index is 0.000377. The summed E-state index contributed by atoms with van der Waals surface area (Å²) in [4.78, 5) is 17.2. The molecular formula is C23H30F3N3O3. The number of ether oxygens (including phenoxy) is 2. The van der Waals surface area contributed by atoms with E-state index >= 15 is 0 Å². The maximum atomic E-state index is 13.2. The molecule has 0 N–H and O–H groups in total. The summed E-state index contributed by atoms with van der Waals surface area (Å²) < 4.78 is 48.3. The lowest BCUT2D eigenvalue weighted by Crippen LogP contribution is -2.49. The molecule has 6 nitrogen and oxygen atoms in total. The molecule has 1 aromatic heterocycles. The lowest BCUT2D eigenvalue weighted by atomic mass is 10.2. The van der Waals surface area contributed by atoms with Gasteiger partial charge in [0.1, 0.15) is 12.4 Å². The van der Waals surface area contributed by atoms with Crippen LogP contribution in [-0.4, -0.2) is 79.5 Å². The predicted molar refractivity (Wildman–Crippen MR) is 116 cm³/mol. The van der Waals surface area contributed by atoms with E-state index in [4.69, 9.17) is 4.74 Å². The molecule has 0 saturated carbocycles. The van der Waals surface area contributed by atoms with E-state index in [0.717, 1.165) is 22.8 Å². The highest BCUT2D eigenvalue weighted by Gasteiger charge is 2.28. The van der Waals surface area contributed by atoms with E-state index in [1.54, 1.807) is 7.11 Å². The van der Waals surface area contributed by atoms with Crippen LogP contribution in [0.15, 0.2) is 30.3 Å². The van der Waals surface area contributed by atoms with E-state index in [1.807, 2.05) is 53.6 Å². The largest absolute Gasteiger partial charge is 0.497 e. The van der Waals surface area contributed by atoms with Crippen LogP contribution in [0.2, 0.25) is 0 Å². The number of rotatable bonds is 8. The smallest absolute Gasteiger partial charge is 0.411 e. The summed E-state index contributed by atoms with van der Waals surface area (Å²) in [5, 5.41) is 0. The number of carbonyl (C=O) groups is 1. The first-order chi connectivity index (χ1) is 15.2. The van der Waals surface area contributed by atoms with Crippen molar-refractivity contribution >= 4 is 5.91 Å². The quantitative estimate of drug-likeness (QED) is 0.570. The van der Waals surface area contributed by atoms with Crippen LogP contribution in [0.5, 0.6) is 5.75 Å². The van der Waals surface area contributed by atoms with Gasteiger partial charge in [0.25, 0.3) is 5.91 Å². The van der Waals surface area contributed by atoms with Crippen molar-refractivity contribution in [3.05, 3.63) is 47.3 Å². The number of aryl methyl sites for hydroxylation is 1. The average molecular weight is 454 g/mol. The summed E-state index contributed by atoms with van der Waals surface area (Å²) in [6.07, 6.45) is -3.75. The number of hydrogen-bond acceptors (Lipinski definition) is 4. The molecule has 0 radical (unpaired) electrons. The Morgan fingerprint density at radius 3 is 2.47 bits per heavy atom. The third kappa shape index (κ3) is 6.04. The third-order valence-corrected chi connectivity index (χ3v) is 5.66. The SMILES string of the molecule is COc1cccc(-n2c(C)cc(C(=O)N3CCN(CCCOCC(F)(F)F)CC3)c2C)c1. The zero-order chi connectivity index (χ0) is 23.3. The van der Waals surface area contributed by atoms with E-state index in [0.29, 0.717) is 44.7 Å². The average Bonchev–Trinajstić information content (AvgIpc) is 3.06. The molecule has 9 heteroatoms. The highest BCUT2D eigenvalue weighted by molar-refractivity contribution is 5.96. The van der Waals surface area contributed by atoms with Crippen molar-refractivity contribution in [3.8, 4) is 11.4 Å². The van der Waals surface area contributed by atoms with Gasteiger partial charge in [-0.3, -0.25) is 9.69 Å². The topological polar surface area (TPSA) is 46.9 Å². The molecule has 2 aromatic rings. The van der Waals surface area contributed by atoms with Gasteiger partial charge in [0.15, 0.2) is 0 Å². The van der Waals surface area contributed by atoms with Crippen molar-refractivity contribution in [3.63, 3.8) is 0 Å². The molecule has 1 saturated heterocycles. The molecule has 0 spiro atoms. The molecule has 0 atom stereocenters. The minimum Gasteiger partial charge on any atom is -0.497 e. The first-order valence-corrected chi connectivity index (χ1v) is 10.7. The number of alkyl halides is 3. The summed E-state index contributed by atoms with van der Waals surface area (Å²) >= 11 is 0. The normalized spacial score (nSPS) is 15.2. The maximum absolute atomic E-state index is 13.2. The summed E-state index contributed by atoms with van der Waals surface area (Å²) in [5.41, 5.74) is 3.47. The van der Waals surface area contributed by atoms with Gasteiger partial charge in [-0.05, 0) is 38.5 Å². The molecule has 2 heterocycles. The van der Waals surface area contributed by atoms with Gasteiger partial charge in [-0.1, -0.05) is 6.07 Å². The number of carbonyl (C=O) groups excluding carboxylic acids is 1. The van der Waals surface area contributed by atoms with Gasteiger partial charge in [0.2, 0.25) is 0 Å². The lowest BCUT2D eigenvalue weighted by molar-refractivity contribution is -0.174. The number of hydrogen-bond donors (Lipinski definition) is 0. The monoisotopic (exact) mass is 453 g/mol. The first kappa shape index (κ1) is 24.1. The van der Waals surface area contributed by atoms with Crippen LogP contribution in [-0.2, 0) is 4.74 Å². The number of nitrogens with zero attached hydrogens (tertiary/aromatic N) is 3. The zero-order valence-corrected chi connectivity index (χ0v) is 18.7. The summed E-state index contributed by atoms with van der Waals surface area (Å²) in [6.45, 7) is 6.01. The molecule has 1 fully saturated rings. The fourth-order valence-corrected chi connectivity index (χ4v) is 4.05. The van der Waals surface area contributed by atoms with Gasteiger partial charge in [-0.15, -0.1) is 0 Å². The maximum Gasteiger partial charge on any atom is 0.411 e. The first-order valence-electron chi connectivity index (χ1n) is 10.7. The molecule has 176 valence electrons. The molecule has 1 aromatic carbocycles. The molecule has 32 heavy (non-hydrogen) atoms. The van der Waals surface area contributed by atoms with Crippen LogP contribution in [0.25, 0.3) is 5.69 Å². The Morgan fingerprint density at radius 1 is 1.09 bits per heavy atom. The Hall–Kier alpha value is -2.52. The fraction of sp³-hybridized carbons (Fsp3) is 0.522. The molecule has 1 amide bonds. The third-order valence-electron chi connectivity index (χ3n) is 5.66. The van der Waals surface area contributed by atoms with Crippen LogP contribution in [0.3, 0.4) is 0 Å². The second-order valence-corrected chi connectivity index (χ2v) is 7.98. The van der Waals surface area contributed by atoms with Crippen LogP contribution in [0.1, 0.15) is 28.2 Å². The van der Waals surface area contributed by atoms with Crippen molar-refractivity contribution in [1.29, 1.82) is 0 Å². The van der Waals surface area contributed by atoms with Crippen LogP contribution < -0.4 is 4.74 Å². The Morgan fingerprint density at radius 2 is 1.81 bits per heavy atom. The van der Waals surface area contributed by atoms with Gasteiger partial charge in [0, 0.05) is 62.5 Å². The van der Waals surface area contributed by atoms with Crippen molar-refractivity contribution < 1.29 is 27.4 Å².